The molecule has 0 unspecified atom stereocenters. The number of benzene rings is 1. The van der Waals surface area contributed by atoms with Gasteiger partial charge in [0.05, 0.1) is 6.10 Å². The second-order valence-corrected chi connectivity index (χ2v) is 4.45. The Morgan fingerprint density at radius 1 is 1.07 bits per heavy atom. The highest BCUT2D eigenvalue weighted by Gasteiger charge is 2.24. The zero-order chi connectivity index (χ0) is 9.97. The van der Waals surface area contributed by atoms with E-state index in [0.29, 0.717) is 5.92 Å². The van der Waals surface area contributed by atoms with E-state index in [-0.39, 0.29) is 6.10 Å². The molecule has 1 aromatic carbocycles. The maximum absolute atomic E-state index is 9.86. The summed E-state index contributed by atoms with van der Waals surface area (Å²) in [7, 11) is 0. The maximum Gasteiger partial charge on any atom is 0.0608 e. The average Bonchev–Trinajstić information content (AvgIpc) is 2.20. The monoisotopic (exact) mass is 210 g/mol. The van der Waals surface area contributed by atoms with E-state index in [2.05, 4.69) is 0 Å². The van der Waals surface area contributed by atoms with Crippen LogP contribution in [0.3, 0.4) is 0 Å². The largest absolute Gasteiger partial charge is 0.392 e. The van der Waals surface area contributed by atoms with E-state index in [0.717, 1.165) is 24.3 Å². The Kier molecular flexibility index (Phi) is 3.09. The molecule has 1 saturated carbocycles. The van der Waals surface area contributed by atoms with Crippen LogP contribution in [0.5, 0.6) is 0 Å². The third-order valence-corrected chi connectivity index (χ3v) is 3.28. The molecule has 14 heavy (non-hydrogen) atoms. The minimum absolute atomic E-state index is 0.162. The lowest BCUT2D eigenvalue weighted by Crippen LogP contribution is -2.22. The molecule has 0 spiro atoms. The first-order valence-electron chi connectivity index (χ1n) is 5.21. The molecule has 76 valence electrons. The van der Waals surface area contributed by atoms with E-state index in [1.165, 1.54) is 12.0 Å². The molecule has 0 aliphatic heterocycles. The van der Waals surface area contributed by atoms with E-state index < -0.39 is 0 Å². The number of halogens is 1. The smallest absolute Gasteiger partial charge is 0.0608 e. The Morgan fingerprint density at radius 3 is 2.36 bits per heavy atom. The molecule has 2 heteroatoms. The fraction of sp³-hybridized carbons (Fsp3) is 0.500. The highest BCUT2D eigenvalue weighted by Crippen LogP contribution is 2.33. The quantitative estimate of drug-likeness (QED) is 0.754. The summed E-state index contributed by atoms with van der Waals surface area (Å²) < 4.78 is 0. The van der Waals surface area contributed by atoms with Crippen molar-refractivity contribution in [3.63, 3.8) is 0 Å². The van der Waals surface area contributed by atoms with Crippen LogP contribution in [0, 0.1) is 0 Å². The van der Waals surface area contributed by atoms with E-state index in [4.69, 9.17) is 11.6 Å². The Balaban J connectivity index is 2.16. The molecule has 0 radical (unpaired) electrons. The fourth-order valence-electron chi connectivity index (χ4n) is 2.21. The Bertz CT molecular complexity index is 294. The van der Waals surface area contributed by atoms with Gasteiger partial charge >= 0.3 is 0 Å². The molecule has 1 aliphatic rings. The molecule has 1 N–H and O–H groups in total. The van der Waals surface area contributed by atoms with Crippen LogP contribution in [0.15, 0.2) is 24.3 Å². The third kappa shape index (κ3) is 2.10. The van der Waals surface area contributed by atoms with Crippen LogP contribution in [0.4, 0.5) is 0 Å². The molecular formula is C12H15ClO. The van der Waals surface area contributed by atoms with Crippen molar-refractivity contribution in [2.75, 3.05) is 0 Å². The van der Waals surface area contributed by atoms with Crippen LogP contribution in [0.1, 0.15) is 37.2 Å². The number of aliphatic hydroxyl groups is 1. The molecule has 0 bridgehead atoms. The predicted molar refractivity (Wildman–Crippen MR) is 58.7 cm³/mol. The number of rotatable bonds is 1. The lowest BCUT2D eigenvalue weighted by Gasteiger charge is -2.27. The molecule has 1 aliphatic carbocycles. The zero-order valence-corrected chi connectivity index (χ0v) is 8.87. The Morgan fingerprint density at radius 2 is 1.71 bits per heavy atom. The van der Waals surface area contributed by atoms with Gasteiger partial charge in [-0.25, -0.2) is 0 Å². The molecule has 2 rings (SSSR count). The summed E-state index contributed by atoms with van der Waals surface area (Å²) >= 11 is 5.82. The minimum Gasteiger partial charge on any atom is -0.392 e. The Hall–Kier alpha value is -0.530. The molecule has 1 fully saturated rings. The Labute approximate surface area is 89.7 Å². The first-order valence-corrected chi connectivity index (χ1v) is 5.59. The van der Waals surface area contributed by atoms with Gasteiger partial charge in [0.2, 0.25) is 0 Å². The van der Waals surface area contributed by atoms with Gasteiger partial charge in [-0.2, -0.15) is 0 Å². The summed E-state index contributed by atoms with van der Waals surface area (Å²) in [6.45, 7) is 0. The molecule has 1 nitrogen and oxygen atoms in total. The lowest BCUT2D eigenvalue weighted by molar-refractivity contribution is 0.106. The molecule has 0 aromatic heterocycles. The van der Waals surface area contributed by atoms with E-state index in [1.807, 2.05) is 24.3 Å². The van der Waals surface area contributed by atoms with Crippen LogP contribution < -0.4 is 0 Å². The van der Waals surface area contributed by atoms with E-state index >= 15 is 0 Å². The molecule has 0 amide bonds. The molecular weight excluding hydrogens is 196 g/mol. The van der Waals surface area contributed by atoms with Crippen molar-refractivity contribution >= 4 is 11.6 Å². The van der Waals surface area contributed by atoms with Gasteiger partial charge in [0.1, 0.15) is 0 Å². The van der Waals surface area contributed by atoms with Crippen molar-refractivity contribution in [3.05, 3.63) is 34.9 Å². The fourth-order valence-corrected chi connectivity index (χ4v) is 2.34. The summed E-state index contributed by atoms with van der Waals surface area (Å²) in [6.07, 6.45) is 4.26. The van der Waals surface area contributed by atoms with Crippen LogP contribution in [-0.2, 0) is 0 Å². The van der Waals surface area contributed by atoms with Crippen LogP contribution >= 0.6 is 11.6 Å². The highest BCUT2D eigenvalue weighted by molar-refractivity contribution is 6.30. The minimum atomic E-state index is -0.162. The summed E-state index contributed by atoms with van der Waals surface area (Å²) in [5, 5.41) is 10.6. The SMILES string of the molecule is O[C@H]1CCCC[C@H]1c1ccc(Cl)cc1. The van der Waals surface area contributed by atoms with Gasteiger partial charge in [0, 0.05) is 10.9 Å². The van der Waals surface area contributed by atoms with Crippen LogP contribution in [-0.4, -0.2) is 11.2 Å². The van der Waals surface area contributed by atoms with Gasteiger partial charge in [-0.05, 0) is 30.5 Å². The maximum atomic E-state index is 9.86. The normalized spacial score (nSPS) is 27.6. The van der Waals surface area contributed by atoms with Crippen molar-refractivity contribution in [1.82, 2.24) is 0 Å². The summed E-state index contributed by atoms with van der Waals surface area (Å²) in [4.78, 5) is 0. The molecule has 2 atom stereocenters. The molecule has 1 aromatic rings. The lowest BCUT2D eigenvalue weighted by atomic mass is 9.82. The summed E-state index contributed by atoms with van der Waals surface area (Å²) in [5.74, 6) is 0.320. The number of hydrogen-bond acceptors (Lipinski definition) is 1. The van der Waals surface area contributed by atoms with E-state index in [1.54, 1.807) is 0 Å². The predicted octanol–water partition coefficient (Wildman–Crippen LogP) is 3.36. The first kappa shape index (κ1) is 10.0. The zero-order valence-electron chi connectivity index (χ0n) is 8.12. The van der Waals surface area contributed by atoms with Gasteiger partial charge in [0.15, 0.2) is 0 Å². The molecule has 0 saturated heterocycles. The average molecular weight is 211 g/mol. The number of aliphatic hydroxyl groups excluding tert-OH is 1. The van der Waals surface area contributed by atoms with Crippen molar-refractivity contribution in [1.29, 1.82) is 0 Å². The standard InChI is InChI=1S/C12H15ClO/c13-10-7-5-9(6-8-10)11-3-1-2-4-12(11)14/h5-8,11-12,14H,1-4H2/t11-,12-/m0/s1. The van der Waals surface area contributed by atoms with Gasteiger partial charge in [0.25, 0.3) is 0 Å². The van der Waals surface area contributed by atoms with Crippen LogP contribution in [0.25, 0.3) is 0 Å². The van der Waals surface area contributed by atoms with Gasteiger partial charge in [-0.15, -0.1) is 0 Å². The first-order chi connectivity index (χ1) is 6.77. The van der Waals surface area contributed by atoms with Crippen molar-refractivity contribution in [3.8, 4) is 0 Å². The summed E-state index contributed by atoms with van der Waals surface area (Å²) in [5.41, 5.74) is 1.22. The topological polar surface area (TPSA) is 20.2 Å². The van der Waals surface area contributed by atoms with Crippen LogP contribution in [0.2, 0.25) is 5.02 Å². The second-order valence-electron chi connectivity index (χ2n) is 4.01. The van der Waals surface area contributed by atoms with E-state index in [9.17, 15) is 5.11 Å². The number of hydrogen-bond donors (Lipinski definition) is 1. The van der Waals surface area contributed by atoms with Crippen molar-refractivity contribution < 1.29 is 5.11 Å². The van der Waals surface area contributed by atoms with Gasteiger partial charge in [-0.3, -0.25) is 0 Å². The second kappa shape index (κ2) is 4.33. The third-order valence-electron chi connectivity index (χ3n) is 3.03. The highest BCUT2D eigenvalue weighted by atomic mass is 35.5. The van der Waals surface area contributed by atoms with Crippen molar-refractivity contribution in [2.24, 2.45) is 0 Å². The van der Waals surface area contributed by atoms with Gasteiger partial charge < -0.3 is 5.11 Å². The molecule has 0 heterocycles. The van der Waals surface area contributed by atoms with Crippen molar-refractivity contribution in [2.45, 2.75) is 37.7 Å². The van der Waals surface area contributed by atoms with Gasteiger partial charge in [-0.1, -0.05) is 36.6 Å². The summed E-state index contributed by atoms with van der Waals surface area (Å²) in [6, 6.07) is 7.86.